The van der Waals surface area contributed by atoms with Crippen LogP contribution in [-0.2, 0) is 4.79 Å². The Labute approximate surface area is 188 Å². The molecule has 3 aromatic rings. The molecule has 0 saturated carbocycles. The van der Waals surface area contributed by atoms with Crippen LogP contribution in [0.3, 0.4) is 0 Å². The van der Waals surface area contributed by atoms with Crippen LogP contribution in [0.5, 0.6) is 11.5 Å². The summed E-state index contributed by atoms with van der Waals surface area (Å²) < 4.78 is 11.4. The second-order valence-electron chi connectivity index (χ2n) is 6.68. The van der Waals surface area contributed by atoms with Gasteiger partial charge < -0.3 is 24.8 Å². The Morgan fingerprint density at radius 3 is 2.69 bits per heavy atom. The highest BCUT2D eigenvalue weighted by Gasteiger charge is 2.12. The van der Waals surface area contributed by atoms with Gasteiger partial charge in [0, 0.05) is 36.2 Å². The highest BCUT2D eigenvalue weighted by Crippen LogP contribution is 2.34. The number of methoxy groups -OCH3 is 1. The van der Waals surface area contributed by atoms with Crippen molar-refractivity contribution in [2.24, 2.45) is 0 Å². The quantitative estimate of drug-likeness (QED) is 0.189. The topological polar surface area (TPSA) is 106 Å². The molecule has 0 saturated heterocycles. The van der Waals surface area contributed by atoms with Gasteiger partial charge in [0.1, 0.15) is 18.4 Å². The maximum absolute atomic E-state index is 10.4. The number of benzene rings is 2. The van der Waals surface area contributed by atoms with Gasteiger partial charge in [0.25, 0.3) is 0 Å². The number of nitrogens with one attached hydrogen (secondary N) is 2. The monoisotopic (exact) mass is 436 g/mol. The highest BCUT2D eigenvalue weighted by molar-refractivity contribution is 5.93. The van der Waals surface area contributed by atoms with E-state index in [0.29, 0.717) is 30.3 Å². The minimum atomic E-state index is 0.551. The molecule has 0 spiro atoms. The van der Waals surface area contributed by atoms with Crippen molar-refractivity contribution in [2.45, 2.75) is 25.7 Å². The molecule has 0 aliphatic carbocycles. The number of carbonyl (C=O) groups is 1. The number of terminal acetylenes is 1. The third kappa shape index (κ3) is 7.23. The van der Waals surface area contributed by atoms with E-state index >= 15 is 0 Å². The van der Waals surface area contributed by atoms with Crippen molar-refractivity contribution in [3.05, 3.63) is 48.3 Å². The van der Waals surface area contributed by atoms with Crippen LogP contribution in [0.4, 0.5) is 11.5 Å². The Morgan fingerprint density at radius 2 is 1.97 bits per heavy atom. The molecule has 8 heteroatoms. The van der Waals surface area contributed by atoms with Crippen molar-refractivity contribution in [2.75, 3.05) is 26.1 Å². The van der Waals surface area contributed by atoms with Crippen LogP contribution in [0.1, 0.15) is 31.2 Å². The lowest BCUT2D eigenvalue weighted by atomic mass is 10.2. The van der Waals surface area contributed by atoms with E-state index in [9.17, 15) is 4.79 Å². The van der Waals surface area contributed by atoms with Crippen LogP contribution >= 0.6 is 0 Å². The van der Waals surface area contributed by atoms with Gasteiger partial charge in [0.2, 0.25) is 0 Å². The Bertz CT molecular complexity index is 1050. The molecule has 2 aromatic carbocycles. The molecule has 3 N–H and O–H groups in total. The number of hydroxylamine groups is 1. The number of hydrogen-bond donors (Lipinski definition) is 3. The van der Waals surface area contributed by atoms with Crippen molar-refractivity contribution in [3.63, 3.8) is 0 Å². The molecule has 8 nitrogen and oxygen atoms in total. The molecule has 1 heterocycles. The van der Waals surface area contributed by atoms with Gasteiger partial charge in [-0.1, -0.05) is 12.0 Å². The summed E-state index contributed by atoms with van der Waals surface area (Å²) in [4.78, 5) is 19.1. The van der Waals surface area contributed by atoms with Crippen LogP contribution in [0, 0.1) is 12.3 Å². The highest BCUT2D eigenvalue weighted by atomic mass is 16.5. The summed E-state index contributed by atoms with van der Waals surface area (Å²) in [5.74, 6) is 4.53. The molecule has 0 radical (unpaired) electrons. The number of fused-ring (bicyclic) bond motifs is 1. The van der Waals surface area contributed by atoms with Crippen LogP contribution < -0.4 is 20.3 Å². The summed E-state index contributed by atoms with van der Waals surface area (Å²) in [6, 6.07) is 11.3. The zero-order valence-electron chi connectivity index (χ0n) is 18.3. The van der Waals surface area contributed by atoms with E-state index in [1.165, 1.54) is 13.4 Å². The molecule has 0 amide bonds. The minimum absolute atomic E-state index is 0.551. The summed E-state index contributed by atoms with van der Waals surface area (Å²) in [5, 5.41) is 11.4. The molecular formula is C24H28N4O4. The van der Waals surface area contributed by atoms with Crippen LogP contribution in [0.25, 0.3) is 10.9 Å². The third-order valence-electron chi connectivity index (χ3n) is 4.44. The number of aldehydes is 1. The van der Waals surface area contributed by atoms with E-state index in [-0.39, 0.29) is 0 Å². The van der Waals surface area contributed by atoms with Crippen molar-refractivity contribution in [1.29, 1.82) is 0 Å². The predicted molar refractivity (Wildman–Crippen MR) is 125 cm³/mol. The molecule has 0 fully saturated rings. The van der Waals surface area contributed by atoms with Gasteiger partial charge in [-0.25, -0.2) is 15.4 Å². The van der Waals surface area contributed by atoms with E-state index in [0.717, 1.165) is 47.7 Å². The molecule has 0 aliphatic rings. The predicted octanol–water partition coefficient (Wildman–Crippen LogP) is 4.10. The fourth-order valence-electron chi connectivity index (χ4n) is 2.95. The van der Waals surface area contributed by atoms with E-state index in [4.69, 9.17) is 21.1 Å². The number of carbonyl (C=O) groups excluding carboxylic acids is 1. The van der Waals surface area contributed by atoms with Crippen molar-refractivity contribution >= 4 is 28.7 Å². The summed E-state index contributed by atoms with van der Waals surface area (Å²) in [6.45, 7) is 0.551. The summed E-state index contributed by atoms with van der Waals surface area (Å²) in [5.41, 5.74) is 4.12. The Morgan fingerprint density at radius 1 is 1.16 bits per heavy atom. The van der Waals surface area contributed by atoms with Crippen molar-refractivity contribution < 1.29 is 19.5 Å². The maximum Gasteiger partial charge on any atom is 0.163 e. The second kappa shape index (κ2) is 13.6. The first-order chi connectivity index (χ1) is 15.7. The standard InChI is InChI=1S/C23H23N3O3.CH5NO/c1-3-17-9-8-10-18(13-17)26-23-19-14-21(28-2)22(15-20(19)24-16-25-23)29-12-7-5-4-6-11-27;1-2-3/h1,8-11,13-16H,4-7,12H2,2H3,(H,24,25,26);2-3H,1H3. The number of aromatic nitrogens is 2. The fourth-order valence-corrected chi connectivity index (χ4v) is 2.95. The molecule has 1 aromatic heterocycles. The van der Waals surface area contributed by atoms with Gasteiger partial charge in [-0.05, 0) is 43.5 Å². The molecule has 3 rings (SSSR count). The van der Waals surface area contributed by atoms with Gasteiger partial charge >= 0.3 is 0 Å². The second-order valence-corrected chi connectivity index (χ2v) is 6.68. The van der Waals surface area contributed by atoms with Gasteiger partial charge in [0.05, 0.1) is 19.2 Å². The summed E-state index contributed by atoms with van der Waals surface area (Å²) >= 11 is 0. The zero-order valence-corrected chi connectivity index (χ0v) is 18.3. The lowest BCUT2D eigenvalue weighted by molar-refractivity contribution is -0.107. The van der Waals surface area contributed by atoms with Crippen LogP contribution in [0.15, 0.2) is 42.7 Å². The molecule has 32 heavy (non-hydrogen) atoms. The number of nitrogens with zero attached hydrogens (tertiary/aromatic N) is 2. The SMILES string of the molecule is C#Cc1cccc(Nc2ncnc3cc(OCCCCCC=O)c(OC)cc23)c1.CNO. The normalized spacial score (nSPS) is 9.94. The largest absolute Gasteiger partial charge is 0.493 e. The third-order valence-corrected chi connectivity index (χ3v) is 4.44. The average molecular weight is 437 g/mol. The molecule has 0 unspecified atom stereocenters. The molecule has 0 aliphatic heterocycles. The van der Waals surface area contributed by atoms with Crippen molar-refractivity contribution in [3.8, 4) is 23.8 Å². The first kappa shape index (κ1) is 24.6. The van der Waals surface area contributed by atoms with E-state index in [1.807, 2.05) is 36.4 Å². The minimum Gasteiger partial charge on any atom is -0.493 e. The summed E-state index contributed by atoms with van der Waals surface area (Å²) in [7, 11) is 3.03. The fraction of sp³-hybridized carbons (Fsp3) is 0.292. The molecule has 0 atom stereocenters. The molecule has 168 valence electrons. The Balaban J connectivity index is 0.00000114. The zero-order chi connectivity index (χ0) is 23.2. The van der Waals surface area contributed by atoms with Crippen LogP contribution in [0.2, 0.25) is 0 Å². The van der Waals surface area contributed by atoms with Crippen LogP contribution in [-0.4, -0.2) is 42.2 Å². The Kier molecular flexibility index (Phi) is 10.5. The van der Waals surface area contributed by atoms with E-state index in [2.05, 4.69) is 21.2 Å². The van der Waals surface area contributed by atoms with E-state index in [1.54, 1.807) is 12.6 Å². The van der Waals surface area contributed by atoms with Gasteiger partial charge in [-0.3, -0.25) is 0 Å². The number of anilines is 2. The smallest absolute Gasteiger partial charge is 0.163 e. The van der Waals surface area contributed by atoms with E-state index < -0.39 is 0 Å². The van der Waals surface area contributed by atoms with Gasteiger partial charge in [-0.15, -0.1) is 6.42 Å². The van der Waals surface area contributed by atoms with Gasteiger partial charge in [-0.2, -0.15) is 0 Å². The van der Waals surface area contributed by atoms with Crippen molar-refractivity contribution in [1.82, 2.24) is 15.4 Å². The number of ether oxygens (including phenoxy) is 2. The summed E-state index contributed by atoms with van der Waals surface area (Å²) in [6.07, 6.45) is 11.2. The lowest BCUT2D eigenvalue weighted by Gasteiger charge is -2.14. The Hall–Kier alpha value is -3.67. The first-order valence-corrected chi connectivity index (χ1v) is 10.2. The number of hydrogen-bond acceptors (Lipinski definition) is 8. The maximum atomic E-state index is 10.4. The van der Waals surface area contributed by atoms with Gasteiger partial charge in [0.15, 0.2) is 11.5 Å². The number of unbranched alkanes of at least 4 members (excludes halogenated alkanes) is 3. The number of rotatable bonds is 10. The lowest BCUT2D eigenvalue weighted by Crippen LogP contribution is -2.01. The average Bonchev–Trinajstić information content (AvgIpc) is 2.81. The molecular weight excluding hydrogens is 408 g/mol. The molecule has 0 bridgehead atoms. The first-order valence-electron chi connectivity index (χ1n) is 10.2.